The molecule has 0 aliphatic carbocycles. The molecule has 2 aromatic rings. The number of halogens is 1. The third kappa shape index (κ3) is 8.95. The molecule has 29 heavy (non-hydrogen) atoms. The van der Waals surface area contributed by atoms with Gasteiger partial charge in [-0.2, -0.15) is 0 Å². The Morgan fingerprint density at radius 3 is 2.28 bits per heavy atom. The summed E-state index contributed by atoms with van der Waals surface area (Å²) < 4.78 is 41.4. The maximum Gasteiger partial charge on any atom is 0.191 e. The van der Waals surface area contributed by atoms with E-state index in [2.05, 4.69) is 15.6 Å². The zero-order valence-corrected chi connectivity index (χ0v) is 17.8. The van der Waals surface area contributed by atoms with Gasteiger partial charge in [0.05, 0.1) is 18.8 Å². The highest BCUT2D eigenvalue weighted by atomic mass is 32.2. The molecule has 0 heterocycles. The Morgan fingerprint density at radius 1 is 1.07 bits per heavy atom. The molecule has 0 fully saturated rings. The van der Waals surface area contributed by atoms with E-state index >= 15 is 0 Å². The van der Waals surface area contributed by atoms with E-state index in [4.69, 9.17) is 4.74 Å². The summed E-state index contributed by atoms with van der Waals surface area (Å²) in [5.41, 5.74) is 1.74. The zero-order valence-electron chi connectivity index (χ0n) is 17.0. The molecule has 0 radical (unpaired) electrons. The van der Waals surface area contributed by atoms with Gasteiger partial charge in [0.15, 0.2) is 15.8 Å². The lowest BCUT2D eigenvalue weighted by molar-refractivity contribution is 0.223. The fourth-order valence-corrected chi connectivity index (χ4v) is 3.38. The molecule has 0 aliphatic rings. The van der Waals surface area contributed by atoms with Crippen LogP contribution in [0.25, 0.3) is 0 Å². The van der Waals surface area contributed by atoms with Gasteiger partial charge >= 0.3 is 0 Å². The van der Waals surface area contributed by atoms with Crippen LogP contribution >= 0.6 is 0 Å². The van der Waals surface area contributed by atoms with Crippen molar-refractivity contribution >= 4 is 15.8 Å². The quantitative estimate of drug-likeness (QED) is 0.481. The van der Waals surface area contributed by atoms with Crippen LogP contribution in [0.3, 0.4) is 0 Å². The number of rotatable bonds is 9. The number of nitrogens with zero attached hydrogens (tertiary/aromatic N) is 1. The molecule has 2 aromatic carbocycles. The van der Waals surface area contributed by atoms with Gasteiger partial charge in [0, 0.05) is 12.8 Å². The largest absolute Gasteiger partial charge is 0.489 e. The number of guanidine groups is 1. The molecule has 0 aromatic heterocycles. The Balaban J connectivity index is 1.89. The zero-order chi connectivity index (χ0) is 21.3. The molecule has 8 heteroatoms. The minimum Gasteiger partial charge on any atom is -0.489 e. The van der Waals surface area contributed by atoms with Gasteiger partial charge in [0.25, 0.3) is 0 Å². The van der Waals surface area contributed by atoms with E-state index in [0.717, 1.165) is 11.1 Å². The van der Waals surface area contributed by atoms with Crippen molar-refractivity contribution in [2.24, 2.45) is 4.99 Å². The van der Waals surface area contributed by atoms with Crippen LogP contribution in [-0.4, -0.2) is 39.8 Å². The summed E-state index contributed by atoms with van der Waals surface area (Å²) in [4.78, 5) is 4.55. The Hall–Kier alpha value is -2.61. The van der Waals surface area contributed by atoms with Crippen molar-refractivity contribution in [3.8, 4) is 5.75 Å². The minimum absolute atomic E-state index is 0.0344. The molecule has 0 amide bonds. The SMILES string of the molecule is CCNC(=NCc1ccc(CS(C)(=O)=O)cc1)NCC(C)Oc1ccc(F)cc1. The normalized spacial score (nSPS) is 13.0. The highest BCUT2D eigenvalue weighted by molar-refractivity contribution is 7.89. The fraction of sp³-hybridized carbons (Fsp3) is 0.381. The van der Waals surface area contributed by atoms with Crippen molar-refractivity contribution in [2.45, 2.75) is 32.2 Å². The predicted octanol–water partition coefficient (Wildman–Crippen LogP) is 2.89. The smallest absolute Gasteiger partial charge is 0.191 e. The van der Waals surface area contributed by atoms with Gasteiger partial charge in [-0.1, -0.05) is 24.3 Å². The van der Waals surface area contributed by atoms with Gasteiger partial charge in [0.2, 0.25) is 0 Å². The molecule has 0 bridgehead atoms. The lowest BCUT2D eigenvalue weighted by Gasteiger charge is -2.17. The molecule has 2 rings (SSSR count). The van der Waals surface area contributed by atoms with Gasteiger partial charge in [-0.25, -0.2) is 17.8 Å². The monoisotopic (exact) mass is 421 g/mol. The summed E-state index contributed by atoms with van der Waals surface area (Å²) in [6.07, 6.45) is 1.08. The molecule has 0 saturated carbocycles. The lowest BCUT2D eigenvalue weighted by atomic mass is 10.1. The van der Waals surface area contributed by atoms with Crippen LogP contribution in [0, 0.1) is 5.82 Å². The molecule has 6 nitrogen and oxygen atoms in total. The van der Waals surface area contributed by atoms with E-state index < -0.39 is 9.84 Å². The number of benzene rings is 2. The first-order valence-corrected chi connectivity index (χ1v) is 11.5. The Bertz CT molecular complexity index is 898. The highest BCUT2D eigenvalue weighted by Gasteiger charge is 2.07. The number of aliphatic imine (C=N–C) groups is 1. The van der Waals surface area contributed by atoms with E-state index in [9.17, 15) is 12.8 Å². The molecule has 158 valence electrons. The summed E-state index contributed by atoms with van der Waals surface area (Å²) in [7, 11) is -3.04. The Morgan fingerprint density at radius 2 is 1.69 bits per heavy atom. The van der Waals surface area contributed by atoms with E-state index in [1.165, 1.54) is 18.4 Å². The van der Waals surface area contributed by atoms with E-state index in [1.807, 2.05) is 38.1 Å². The van der Waals surface area contributed by atoms with Crippen molar-refractivity contribution in [3.63, 3.8) is 0 Å². The van der Waals surface area contributed by atoms with Crippen LogP contribution < -0.4 is 15.4 Å². The molecule has 1 unspecified atom stereocenters. The van der Waals surface area contributed by atoms with Crippen LogP contribution in [0.1, 0.15) is 25.0 Å². The van der Waals surface area contributed by atoms with Gasteiger partial charge in [-0.15, -0.1) is 0 Å². The number of nitrogens with one attached hydrogen (secondary N) is 2. The second-order valence-electron chi connectivity index (χ2n) is 6.85. The second kappa shape index (κ2) is 10.8. The topological polar surface area (TPSA) is 79.8 Å². The van der Waals surface area contributed by atoms with Crippen molar-refractivity contribution in [3.05, 3.63) is 65.5 Å². The summed E-state index contributed by atoms with van der Waals surface area (Å²) in [5.74, 6) is 1.00. The van der Waals surface area contributed by atoms with Crippen molar-refractivity contribution < 1.29 is 17.5 Å². The van der Waals surface area contributed by atoms with Crippen LogP contribution in [0.15, 0.2) is 53.5 Å². The molecule has 0 aliphatic heterocycles. The number of hydrogen-bond donors (Lipinski definition) is 2. The van der Waals surface area contributed by atoms with Crippen molar-refractivity contribution in [2.75, 3.05) is 19.3 Å². The van der Waals surface area contributed by atoms with Crippen LogP contribution in [0.2, 0.25) is 0 Å². The van der Waals surface area contributed by atoms with Crippen molar-refractivity contribution in [1.82, 2.24) is 10.6 Å². The Kier molecular flexibility index (Phi) is 8.45. The molecule has 2 N–H and O–H groups in total. The average Bonchev–Trinajstić information content (AvgIpc) is 2.66. The average molecular weight is 422 g/mol. The van der Waals surface area contributed by atoms with Gasteiger partial charge in [-0.3, -0.25) is 0 Å². The van der Waals surface area contributed by atoms with E-state index in [1.54, 1.807) is 12.1 Å². The highest BCUT2D eigenvalue weighted by Crippen LogP contribution is 2.13. The maximum atomic E-state index is 13.0. The first-order chi connectivity index (χ1) is 13.7. The fourth-order valence-electron chi connectivity index (χ4n) is 2.58. The summed E-state index contributed by atoms with van der Waals surface area (Å²) >= 11 is 0. The van der Waals surface area contributed by atoms with Crippen LogP contribution in [-0.2, 0) is 22.1 Å². The lowest BCUT2D eigenvalue weighted by Crippen LogP contribution is -2.41. The molecule has 1 atom stereocenters. The standard InChI is InChI=1S/C21H28FN3O3S/c1-4-23-21(24-13-16(2)28-20-11-9-19(22)10-12-20)25-14-17-5-7-18(8-6-17)15-29(3,26)27/h5-12,16H,4,13-15H2,1-3H3,(H2,23,24,25). The van der Waals surface area contributed by atoms with E-state index in [0.29, 0.717) is 31.3 Å². The van der Waals surface area contributed by atoms with Gasteiger partial charge < -0.3 is 15.4 Å². The number of hydrogen-bond acceptors (Lipinski definition) is 4. The summed E-state index contributed by atoms with van der Waals surface area (Å²) in [6, 6.07) is 13.3. The minimum atomic E-state index is -3.04. The molecule has 0 spiro atoms. The number of ether oxygens (including phenoxy) is 1. The van der Waals surface area contributed by atoms with Gasteiger partial charge in [-0.05, 0) is 49.2 Å². The van der Waals surface area contributed by atoms with Crippen LogP contribution in [0.5, 0.6) is 5.75 Å². The number of sulfone groups is 1. The summed E-state index contributed by atoms with van der Waals surface area (Å²) in [5, 5.41) is 6.40. The van der Waals surface area contributed by atoms with Crippen LogP contribution in [0.4, 0.5) is 4.39 Å². The van der Waals surface area contributed by atoms with E-state index in [-0.39, 0.29) is 17.7 Å². The van der Waals surface area contributed by atoms with Gasteiger partial charge in [0.1, 0.15) is 17.7 Å². The molecule has 0 saturated heterocycles. The molecular formula is C21H28FN3O3S. The predicted molar refractivity (Wildman–Crippen MR) is 114 cm³/mol. The van der Waals surface area contributed by atoms with Crippen molar-refractivity contribution in [1.29, 1.82) is 0 Å². The second-order valence-corrected chi connectivity index (χ2v) is 8.99. The maximum absolute atomic E-state index is 13.0. The third-order valence-corrected chi connectivity index (χ3v) is 4.78. The summed E-state index contributed by atoms with van der Waals surface area (Å²) in [6.45, 7) is 5.60. The first kappa shape index (κ1) is 22.7. The molecular weight excluding hydrogens is 393 g/mol. The third-order valence-electron chi connectivity index (χ3n) is 3.92. The first-order valence-electron chi connectivity index (χ1n) is 9.45. The Labute approximate surface area is 172 Å².